The van der Waals surface area contributed by atoms with E-state index in [1.54, 1.807) is 0 Å². The maximum Gasteiger partial charge on any atom is 0.188 e. The van der Waals surface area contributed by atoms with Crippen molar-refractivity contribution in [1.82, 2.24) is 0 Å². The van der Waals surface area contributed by atoms with Crippen molar-refractivity contribution in [3.05, 3.63) is 34.3 Å². The topological polar surface area (TPSA) is 41.8 Å². The molecule has 1 aliphatic carbocycles. The number of hydrogen-bond donors (Lipinski definition) is 1. The summed E-state index contributed by atoms with van der Waals surface area (Å²) in [5, 5.41) is 9.64. The van der Waals surface area contributed by atoms with Gasteiger partial charge in [0, 0.05) is 10.9 Å². The van der Waals surface area contributed by atoms with Crippen molar-refractivity contribution >= 4 is 21.8 Å². The molecular weight excluding hydrogens is 294 g/mol. The zero-order chi connectivity index (χ0) is 12.5. The van der Waals surface area contributed by atoms with Crippen LogP contribution in [0.15, 0.2) is 33.7 Å². The highest BCUT2D eigenvalue weighted by atomic mass is 79.9. The fourth-order valence-corrected chi connectivity index (χ4v) is 3.12. The van der Waals surface area contributed by atoms with Gasteiger partial charge in [-0.2, -0.15) is 0 Å². The molecule has 1 aromatic carbocycles. The van der Waals surface area contributed by atoms with E-state index in [0.29, 0.717) is 0 Å². The average molecular weight is 310 g/mol. The van der Waals surface area contributed by atoms with Gasteiger partial charge < -0.3 is 9.84 Å². The molecule has 0 amide bonds. The van der Waals surface area contributed by atoms with Crippen LogP contribution in [0.2, 0.25) is 0 Å². The molecule has 1 saturated carbocycles. The molecule has 0 spiro atoms. The lowest BCUT2D eigenvalue weighted by atomic mass is 9.91. The molecule has 2 aliphatic rings. The van der Waals surface area contributed by atoms with Gasteiger partial charge in [0.1, 0.15) is 6.10 Å². The molecule has 3 rings (SSSR count). The van der Waals surface area contributed by atoms with Crippen molar-refractivity contribution < 1.29 is 9.84 Å². The maximum atomic E-state index is 9.64. The smallest absolute Gasteiger partial charge is 0.188 e. The minimum absolute atomic E-state index is 0.163. The second kappa shape index (κ2) is 5.02. The molecule has 96 valence electrons. The summed E-state index contributed by atoms with van der Waals surface area (Å²) in [4.78, 5) is 4.60. The molecular formula is C14H16BrNO2. The van der Waals surface area contributed by atoms with Gasteiger partial charge in [0.25, 0.3) is 0 Å². The Balaban J connectivity index is 1.69. The monoisotopic (exact) mass is 309 g/mol. The van der Waals surface area contributed by atoms with Crippen LogP contribution in [-0.4, -0.2) is 29.3 Å². The summed E-state index contributed by atoms with van der Waals surface area (Å²) in [7, 11) is 0. The number of halogens is 1. The van der Waals surface area contributed by atoms with E-state index >= 15 is 0 Å². The van der Waals surface area contributed by atoms with E-state index < -0.39 is 0 Å². The van der Waals surface area contributed by atoms with Crippen molar-refractivity contribution in [2.75, 3.05) is 0 Å². The molecule has 3 nitrogen and oxygen atoms in total. The highest BCUT2D eigenvalue weighted by molar-refractivity contribution is 9.10. The number of benzene rings is 1. The van der Waals surface area contributed by atoms with Crippen LogP contribution in [-0.2, 0) is 11.2 Å². The molecule has 0 aromatic heterocycles. The molecule has 3 atom stereocenters. The molecule has 3 unspecified atom stereocenters. The van der Waals surface area contributed by atoms with Crippen molar-refractivity contribution in [3.63, 3.8) is 0 Å². The molecule has 1 heterocycles. The average Bonchev–Trinajstić information content (AvgIpc) is 2.70. The van der Waals surface area contributed by atoms with Gasteiger partial charge in [0.15, 0.2) is 5.90 Å². The van der Waals surface area contributed by atoms with Gasteiger partial charge in [0.05, 0.1) is 12.1 Å². The molecule has 18 heavy (non-hydrogen) atoms. The Morgan fingerprint density at radius 2 is 2.28 bits per heavy atom. The summed E-state index contributed by atoms with van der Waals surface area (Å²) in [6.07, 6.45) is 3.22. The van der Waals surface area contributed by atoms with E-state index in [4.69, 9.17) is 4.74 Å². The Morgan fingerprint density at radius 3 is 3.11 bits per heavy atom. The zero-order valence-electron chi connectivity index (χ0n) is 10.1. The molecule has 1 aliphatic heterocycles. The number of aliphatic imine (C=N–C) groups is 1. The van der Waals surface area contributed by atoms with Gasteiger partial charge in [-0.25, -0.2) is 4.99 Å². The van der Waals surface area contributed by atoms with Crippen LogP contribution in [0, 0.1) is 0 Å². The van der Waals surface area contributed by atoms with Crippen LogP contribution in [0.1, 0.15) is 24.8 Å². The van der Waals surface area contributed by atoms with Crippen LogP contribution < -0.4 is 0 Å². The third-order valence-electron chi connectivity index (χ3n) is 3.57. The van der Waals surface area contributed by atoms with Gasteiger partial charge in [-0.3, -0.25) is 0 Å². The van der Waals surface area contributed by atoms with Crippen molar-refractivity contribution in [2.45, 2.75) is 43.9 Å². The summed E-state index contributed by atoms with van der Waals surface area (Å²) in [5.74, 6) is 0.817. The Hall–Kier alpha value is -0.870. The molecule has 1 aromatic rings. The van der Waals surface area contributed by atoms with Crippen LogP contribution in [0.3, 0.4) is 0 Å². The van der Waals surface area contributed by atoms with E-state index in [9.17, 15) is 5.11 Å². The Bertz CT molecular complexity index is 475. The first-order valence-corrected chi connectivity index (χ1v) is 7.16. The SMILES string of the molecule is OC1CCC2OC(Cc3cccc(Br)c3)=NC2C1. The van der Waals surface area contributed by atoms with E-state index in [1.165, 1.54) is 5.56 Å². The number of rotatable bonds is 2. The fourth-order valence-electron chi connectivity index (χ4n) is 2.67. The van der Waals surface area contributed by atoms with Crippen molar-refractivity contribution in [2.24, 2.45) is 4.99 Å². The van der Waals surface area contributed by atoms with Gasteiger partial charge >= 0.3 is 0 Å². The lowest BCUT2D eigenvalue weighted by molar-refractivity contribution is 0.0616. The first kappa shape index (κ1) is 12.2. The molecule has 4 heteroatoms. The van der Waals surface area contributed by atoms with Crippen molar-refractivity contribution in [3.8, 4) is 0 Å². The Labute approximate surface area is 115 Å². The summed E-state index contributed by atoms with van der Waals surface area (Å²) >= 11 is 3.47. The van der Waals surface area contributed by atoms with E-state index in [-0.39, 0.29) is 18.2 Å². The lowest BCUT2D eigenvalue weighted by Gasteiger charge is -2.26. The predicted molar refractivity (Wildman–Crippen MR) is 73.8 cm³/mol. The van der Waals surface area contributed by atoms with Crippen molar-refractivity contribution in [1.29, 1.82) is 0 Å². The van der Waals surface area contributed by atoms with Gasteiger partial charge in [-0.1, -0.05) is 28.1 Å². The van der Waals surface area contributed by atoms with Gasteiger partial charge in [-0.05, 0) is 37.0 Å². The first-order valence-electron chi connectivity index (χ1n) is 6.36. The van der Waals surface area contributed by atoms with Crippen LogP contribution in [0.5, 0.6) is 0 Å². The molecule has 0 radical (unpaired) electrons. The number of nitrogens with zero attached hydrogens (tertiary/aromatic N) is 1. The van der Waals surface area contributed by atoms with Gasteiger partial charge in [-0.15, -0.1) is 0 Å². The largest absolute Gasteiger partial charge is 0.475 e. The predicted octanol–water partition coefficient (Wildman–Crippen LogP) is 2.70. The third kappa shape index (κ3) is 2.59. The number of ether oxygens (including phenoxy) is 1. The standard InChI is InChI=1S/C14H16BrNO2/c15-10-3-1-2-9(6-10)7-14-16-12-8-11(17)4-5-13(12)18-14/h1-3,6,11-13,17H,4-5,7-8H2. The maximum absolute atomic E-state index is 9.64. The van der Waals surface area contributed by atoms with E-state index in [0.717, 1.165) is 36.1 Å². The number of aliphatic hydroxyl groups is 1. The summed E-state index contributed by atoms with van der Waals surface area (Å²) in [6, 6.07) is 8.36. The normalized spacial score (nSPS) is 30.6. The molecule has 0 bridgehead atoms. The number of aliphatic hydroxyl groups excluding tert-OH is 1. The Kier molecular flexibility index (Phi) is 3.39. The van der Waals surface area contributed by atoms with Gasteiger partial charge in [0.2, 0.25) is 0 Å². The summed E-state index contributed by atoms with van der Waals surface area (Å²) < 4.78 is 6.96. The Morgan fingerprint density at radius 1 is 1.39 bits per heavy atom. The number of hydrogen-bond acceptors (Lipinski definition) is 3. The summed E-state index contributed by atoms with van der Waals surface area (Å²) in [5.41, 5.74) is 1.20. The third-order valence-corrected chi connectivity index (χ3v) is 4.06. The number of fused-ring (bicyclic) bond motifs is 1. The first-order chi connectivity index (χ1) is 8.70. The molecule has 1 N–H and O–H groups in total. The minimum Gasteiger partial charge on any atom is -0.475 e. The summed E-state index contributed by atoms with van der Waals surface area (Å²) in [6.45, 7) is 0. The second-order valence-corrected chi connectivity index (χ2v) is 5.94. The minimum atomic E-state index is -0.205. The van der Waals surface area contributed by atoms with Crippen LogP contribution in [0.25, 0.3) is 0 Å². The highest BCUT2D eigenvalue weighted by Crippen LogP contribution is 2.29. The zero-order valence-corrected chi connectivity index (χ0v) is 11.6. The van der Waals surface area contributed by atoms with E-state index in [2.05, 4.69) is 33.1 Å². The molecule has 0 saturated heterocycles. The highest BCUT2D eigenvalue weighted by Gasteiger charge is 2.36. The second-order valence-electron chi connectivity index (χ2n) is 5.02. The van der Waals surface area contributed by atoms with Crippen LogP contribution >= 0.6 is 15.9 Å². The fraction of sp³-hybridized carbons (Fsp3) is 0.500. The molecule has 1 fully saturated rings. The van der Waals surface area contributed by atoms with E-state index in [1.807, 2.05) is 12.1 Å². The van der Waals surface area contributed by atoms with Crippen LogP contribution in [0.4, 0.5) is 0 Å². The lowest BCUT2D eigenvalue weighted by Crippen LogP contribution is -2.33. The quantitative estimate of drug-likeness (QED) is 0.912.